The number of ether oxygens (including phenoxy) is 2. The number of hydrogen-bond acceptors (Lipinski definition) is 5. The number of carbonyl (C=O) groups excluding carboxylic acids is 3. The highest BCUT2D eigenvalue weighted by Gasteiger charge is 2.41. The summed E-state index contributed by atoms with van der Waals surface area (Å²) in [5.41, 5.74) is 5.37. The topological polar surface area (TPSA) is 84.9 Å². The van der Waals surface area contributed by atoms with Gasteiger partial charge in [0.25, 0.3) is 0 Å². The first-order valence-corrected chi connectivity index (χ1v) is 12.1. The molecule has 3 atom stereocenters. The molecule has 7 nitrogen and oxygen atoms in total. The van der Waals surface area contributed by atoms with E-state index in [0.717, 1.165) is 27.8 Å². The molecule has 1 aliphatic carbocycles. The molecular formula is C29H28N2O5. The number of alkyl carbamates (subject to hydrolysis) is 1. The van der Waals surface area contributed by atoms with Crippen molar-refractivity contribution < 1.29 is 23.9 Å². The lowest BCUT2D eigenvalue weighted by Crippen LogP contribution is -2.57. The van der Waals surface area contributed by atoms with Crippen molar-refractivity contribution in [1.82, 2.24) is 10.2 Å². The molecule has 0 bridgehead atoms. The maximum Gasteiger partial charge on any atom is 0.407 e. The van der Waals surface area contributed by atoms with Gasteiger partial charge in [0.2, 0.25) is 5.91 Å². The summed E-state index contributed by atoms with van der Waals surface area (Å²) in [6, 6.07) is 23.5. The van der Waals surface area contributed by atoms with Crippen LogP contribution in [-0.2, 0) is 19.1 Å². The first-order chi connectivity index (χ1) is 17.5. The molecule has 0 spiro atoms. The molecule has 3 aromatic carbocycles. The van der Waals surface area contributed by atoms with Crippen molar-refractivity contribution in [2.45, 2.75) is 37.9 Å². The maximum absolute atomic E-state index is 13.4. The molecule has 2 aliphatic rings. The molecular weight excluding hydrogens is 456 g/mol. The van der Waals surface area contributed by atoms with Gasteiger partial charge in [-0.1, -0.05) is 78.9 Å². The number of hydrogen-bond donors (Lipinski definition) is 1. The predicted octanol–water partition coefficient (Wildman–Crippen LogP) is 4.43. The lowest BCUT2D eigenvalue weighted by Gasteiger charge is -2.40. The Balaban J connectivity index is 1.26. The van der Waals surface area contributed by atoms with Gasteiger partial charge in [-0.3, -0.25) is 4.79 Å². The van der Waals surface area contributed by atoms with Crippen molar-refractivity contribution in [3.8, 4) is 11.1 Å². The Morgan fingerprint density at radius 1 is 0.972 bits per heavy atom. The minimum atomic E-state index is -0.889. The Bertz CT molecular complexity index is 1250. The van der Waals surface area contributed by atoms with Crippen molar-refractivity contribution in [2.75, 3.05) is 13.2 Å². The fourth-order valence-electron chi connectivity index (χ4n) is 5.12. The molecule has 0 unspecified atom stereocenters. The average molecular weight is 485 g/mol. The zero-order valence-electron chi connectivity index (χ0n) is 20.2. The highest BCUT2D eigenvalue weighted by Crippen LogP contribution is 2.44. The normalized spacial score (nSPS) is 19.6. The van der Waals surface area contributed by atoms with Gasteiger partial charge in [0.15, 0.2) is 0 Å². The van der Waals surface area contributed by atoms with Gasteiger partial charge in [-0.2, -0.15) is 0 Å². The summed E-state index contributed by atoms with van der Waals surface area (Å²) in [6.07, 6.45) is -0.679. The molecule has 1 heterocycles. The van der Waals surface area contributed by atoms with Gasteiger partial charge in [0, 0.05) is 5.92 Å². The van der Waals surface area contributed by atoms with Crippen LogP contribution in [0.15, 0.2) is 78.9 Å². The molecule has 1 aliphatic heterocycles. The van der Waals surface area contributed by atoms with E-state index in [1.165, 1.54) is 4.90 Å². The van der Waals surface area contributed by atoms with Crippen LogP contribution in [0.3, 0.4) is 0 Å². The van der Waals surface area contributed by atoms with Crippen molar-refractivity contribution >= 4 is 18.0 Å². The van der Waals surface area contributed by atoms with Crippen molar-refractivity contribution in [3.05, 3.63) is 95.6 Å². The van der Waals surface area contributed by atoms with Crippen LogP contribution in [0.5, 0.6) is 0 Å². The number of nitrogens with zero attached hydrogens (tertiary/aromatic N) is 1. The first kappa shape index (κ1) is 23.6. The van der Waals surface area contributed by atoms with Gasteiger partial charge in [-0.15, -0.1) is 0 Å². The van der Waals surface area contributed by atoms with Crippen LogP contribution in [0, 0.1) is 0 Å². The number of cyclic esters (lactones) is 1. The number of rotatable bonds is 5. The molecule has 36 heavy (non-hydrogen) atoms. The molecule has 1 fully saturated rings. The second kappa shape index (κ2) is 9.85. The lowest BCUT2D eigenvalue weighted by atomic mass is 9.98. The average Bonchev–Trinajstić information content (AvgIpc) is 3.22. The number of esters is 1. The highest BCUT2D eigenvalue weighted by molar-refractivity contribution is 5.90. The van der Waals surface area contributed by atoms with Crippen LogP contribution in [0.2, 0.25) is 0 Å². The third-order valence-electron chi connectivity index (χ3n) is 6.96. The number of carbonyl (C=O) groups is 3. The van der Waals surface area contributed by atoms with E-state index >= 15 is 0 Å². The van der Waals surface area contributed by atoms with E-state index in [1.807, 2.05) is 66.7 Å². The summed E-state index contributed by atoms with van der Waals surface area (Å²) < 4.78 is 10.9. The Morgan fingerprint density at radius 3 is 2.19 bits per heavy atom. The summed E-state index contributed by atoms with van der Waals surface area (Å²) in [7, 11) is 0. The Hall–Kier alpha value is -4.13. The zero-order chi connectivity index (χ0) is 25.2. The van der Waals surface area contributed by atoms with Gasteiger partial charge in [0.05, 0.1) is 6.04 Å². The smallest absolute Gasteiger partial charge is 0.407 e. The summed E-state index contributed by atoms with van der Waals surface area (Å²) in [5, 5.41) is 2.65. The maximum atomic E-state index is 13.4. The lowest BCUT2D eigenvalue weighted by molar-refractivity contribution is -0.169. The monoisotopic (exact) mass is 484 g/mol. The summed E-state index contributed by atoms with van der Waals surface area (Å²) in [6.45, 7) is 3.45. The molecule has 0 radical (unpaired) electrons. The number of amides is 2. The summed E-state index contributed by atoms with van der Waals surface area (Å²) in [4.78, 5) is 39.9. The molecule has 184 valence electrons. The minimum Gasteiger partial charge on any atom is -0.462 e. The Morgan fingerprint density at radius 2 is 1.56 bits per heavy atom. The summed E-state index contributed by atoms with van der Waals surface area (Å²) >= 11 is 0. The third kappa shape index (κ3) is 4.33. The van der Waals surface area contributed by atoms with Gasteiger partial charge >= 0.3 is 12.1 Å². The van der Waals surface area contributed by atoms with E-state index < -0.39 is 30.2 Å². The Kier molecular flexibility index (Phi) is 6.46. The van der Waals surface area contributed by atoms with Gasteiger partial charge in [-0.25, -0.2) is 9.59 Å². The molecule has 1 saturated heterocycles. The Labute approximate surface area is 210 Å². The first-order valence-electron chi connectivity index (χ1n) is 12.1. The molecule has 0 aromatic heterocycles. The van der Waals surface area contributed by atoms with E-state index in [-0.39, 0.29) is 25.0 Å². The minimum absolute atomic E-state index is 0.0661. The second-order valence-electron chi connectivity index (χ2n) is 9.17. The van der Waals surface area contributed by atoms with Crippen LogP contribution in [-0.4, -0.2) is 48.2 Å². The van der Waals surface area contributed by atoms with E-state index in [2.05, 4.69) is 17.4 Å². The van der Waals surface area contributed by atoms with Crippen LogP contribution in [0.1, 0.15) is 42.5 Å². The molecule has 7 heteroatoms. The van der Waals surface area contributed by atoms with Gasteiger partial charge in [0.1, 0.15) is 25.3 Å². The summed E-state index contributed by atoms with van der Waals surface area (Å²) in [5.74, 6) is -0.918. The van der Waals surface area contributed by atoms with Crippen LogP contribution in [0.25, 0.3) is 11.1 Å². The fourth-order valence-corrected chi connectivity index (χ4v) is 5.12. The molecule has 3 aromatic rings. The van der Waals surface area contributed by atoms with Crippen molar-refractivity contribution in [1.29, 1.82) is 0 Å². The molecule has 5 rings (SSSR count). The number of morpholine rings is 1. The number of benzene rings is 3. The number of nitrogens with one attached hydrogen (secondary N) is 1. The van der Waals surface area contributed by atoms with Gasteiger partial charge < -0.3 is 19.7 Å². The third-order valence-corrected chi connectivity index (χ3v) is 6.96. The molecule has 1 N–H and O–H groups in total. The SMILES string of the molecule is C[C@@H]1C(=O)OC[C@H](c2ccccc2)N1C(=O)[C@@H](C)NC(=O)OCC1c2ccccc2-c2ccccc21. The van der Waals surface area contributed by atoms with Crippen molar-refractivity contribution in [2.24, 2.45) is 0 Å². The standard InChI is InChI=1S/C29H28N2O5/c1-18(27(32)31-19(2)28(33)35-17-26(31)20-10-4-3-5-11-20)30-29(34)36-16-25-23-14-8-6-12-21(23)22-13-7-9-15-24(22)25/h3-15,18-19,25-26H,16-17H2,1-2H3,(H,30,34)/t18-,19-,26-/m1/s1. The highest BCUT2D eigenvalue weighted by atomic mass is 16.5. The fraction of sp³-hybridized carbons (Fsp3) is 0.276. The van der Waals surface area contributed by atoms with Gasteiger partial charge in [-0.05, 0) is 41.7 Å². The molecule has 0 saturated carbocycles. The van der Waals surface area contributed by atoms with Crippen LogP contribution < -0.4 is 5.32 Å². The van der Waals surface area contributed by atoms with E-state index in [1.54, 1.807) is 13.8 Å². The quantitative estimate of drug-likeness (QED) is 0.542. The largest absolute Gasteiger partial charge is 0.462 e. The van der Waals surface area contributed by atoms with E-state index in [0.29, 0.717) is 0 Å². The van der Waals surface area contributed by atoms with Crippen LogP contribution >= 0.6 is 0 Å². The van der Waals surface area contributed by atoms with Crippen molar-refractivity contribution in [3.63, 3.8) is 0 Å². The zero-order valence-corrected chi connectivity index (χ0v) is 20.2. The predicted molar refractivity (Wildman–Crippen MR) is 134 cm³/mol. The van der Waals surface area contributed by atoms with Crippen LogP contribution in [0.4, 0.5) is 4.79 Å². The van der Waals surface area contributed by atoms with E-state index in [4.69, 9.17) is 9.47 Å². The molecule has 2 amide bonds. The second-order valence-corrected chi connectivity index (χ2v) is 9.17. The van der Waals surface area contributed by atoms with E-state index in [9.17, 15) is 14.4 Å². The number of fused-ring (bicyclic) bond motifs is 3.